The maximum absolute atomic E-state index is 10.7. The summed E-state index contributed by atoms with van der Waals surface area (Å²) in [6, 6.07) is 19.0. The molecule has 5 nitrogen and oxygen atoms in total. The van der Waals surface area contributed by atoms with Gasteiger partial charge in [0.15, 0.2) is 11.5 Å². The topological polar surface area (TPSA) is 73.2 Å². The molecule has 0 fully saturated rings. The van der Waals surface area contributed by atoms with E-state index in [1.807, 2.05) is 107 Å². The van der Waals surface area contributed by atoms with Gasteiger partial charge in [-0.3, -0.25) is 0 Å². The molecule has 4 aromatic carbocycles. The van der Waals surface area contributed by atoms with Crippen molar-refractivity contribution in [1.29, 1.82) is 0 Å². The fraction of sp³-hybridized carbons (Fsp3) is 0.200. The second-order valence-electron chi connectivity index (χ2n) is 9.06. The van der Waals surface area contributed by atoms with E-state index < -0.39 is 0 Å². The lowest BCUT2D eigenvalue weighted by Gasteiger charge is -2.30. The molecule has 180 valence electrons. The number of benzene rings is 4. The minimum atomic E-state index is 0.117. The Bertz CT molecular complexity index is 1370. The van der Waals surface area contributed by atoms with Crippen LogP contribution in [-0.2, 0) is 0 Å². The molecule has 3 N–H and O–H groups in total. The molecule has 0 spiro atoms. The van der Waals surface area contributed by atoms with Gasteiger partial charge in [0.1, 0.15) is 17.2 Å². The van der Waals surface area contributed by atoms with Gasteiger partial charge in [0.25, 0.3) is 0 Å². The van der Waals surface area contributed by atoms with Crippen molar-refractivity contribution < 1.29 is 20.1 Å². The van der Waals surface area contributed by atoms with E-state index in [4.69, 9.17) is 4.74 Å². The molecule has 0 heterocycles. The summed E-state index contributed by atoms with van der Waals surface area (Å²) in [7, 11) is 0. The van der Waals surface area contributed by atoms with Crippen LogP contribution in [0.4, 0.5) is 17.1 Å². The van der Waals surface area contributed by atoms with Gasteiger partial charge in [-0.25, -0.2) is 0 Å². The number of rotatable bonds is 5. The molecule has 0 unspecified atom stereocenters. The first-order chi connectivity index (χ1) is 16.6. The average molecular weight is 470 g/mol. The van der Waals surface area contributed by atoms with E-state index >= 15 is 0 Å². The van der Waals surface area contributed by atoms with Crippen LogP contribution in [-0.4, -0.2) is 15.3 Å². The summed E-state index contributed by atoms with van der Waals surface area (Å²) < 4.78 is 6.15. The van der Waals surface area contributed by atoms with Gasteiger partial charge in [-0.15, -0.1) is 0 Å². The molecule has 0 bridgehead atoms. The van der Waals surface area contributed by atoms with Crippen molar-refractivity contribution >= 4 is 17.1 Å². The van der Waals surface area contributed by atoms with Crippen LogP contribution >= 0.6 is 0 Å². The molecule has 0 saturated carbocycles. The second kappa shape index (κ2) is 9.26. The van der Waals surface area contributed by atoms with Gasteiger partial charge in [-0.1, -0.05) is 30.3 Å². The molecule has 0 aliphatic rings. The number of phenols is 3. The third-order valence-electron chi connectivity index (χ3n) is 6.52. The van der Waals surface area contributed by atoms with Crippen molar-refractivity contribution in [2.75, 3.05) is 4.90 Å². The zero-order chi connectivity index (χ0) is 25.4. The Morgan fingerprint density at radius 2 is 1.06 bits per heavy atom. The summed E-state index contributed by atoms with van der Waals surface area (Å²) in [5.41, 5.74) is 6.94. The lowest BCUT2D eigenvalue weighted by atomic mass is 10.0. The largest absolute Gasteiger partial charge is 0.507 e. The van der Waals surface area contributed by atoms with E-state index in [1.165, 1.54) is 0 Å². The van der Waals surface area contributed by atoms with Gasteiger partial charge >= 0.3 is 0 Å². The van der Waals surface area contributed by atoms with Crippen LogP contribution in [0.5, 0.6) is 28.7 Å². The van der Waals surface area contributed by atoms with Crippen molar-refractivity contribution in [2.45, 2.75) is 41.5 Å². The molecule has 0 amide bonds. The van der Waals surface area contributed by atoms with Gasteiger partial charge in [0.05, 0.1) is 11.4 Å². The Morgan fingerprint density at radius 1 is 0.571 bits per heavy atom. The molecule has 0 aliphatic carbocycles. The van der Waals surface area contributed by atoms with Crippen LogP contribution in [0.1, 0.15) is 33.4 Å². The van der Waals surface area contributed by atoms with E-state index in [-0.39, 0.29) is 17.2 Å². The number of aryl methyl sites for hydroxylation is 4. The quantitative estimate of drug-likeness (QED) is 0.277. The maximum atomic E-state index is 10.7. The summed E-state index contributed by atoms with van der Waals surface area (Å²) in [6.07, 6.45) is 0. The van der Waals surface area contributed by atoms with Crippen molar-refractivity contribution in [3.63, 3.8) is 0 Å². The first-order valence-corrected chi connectivity index (χ1v) is 11.6. The summed E-state index contributed by atoms with van der Waals surface area (Å²) in [4.78, 5) is 2.00. The number of hydrogen-bond acceptors (Lipinski definition) is 5. The highest BCUT2D eigenvalue weighted by Crippen LogP contribution is 2.45. The van der Waals surface area contributed by atoms with Gasteiger partial charge < -0.3 is 25.0 Å². The lowest BCUT2D eigenvalue weighted by Crippen LogP contribution is -2.13. The third kappa shape index (κ3) is 4.37. The first-order valence-electron chi connectivity index (χ1n) is 11.6. The summed E-state index contributed by atoms with van der Waals surface area (Å²) >= 11 is 0. The SMILES string of the molecule is Cc1ccc(N(c2cccc(Oc3c(C)ccc(C)c3O)c2)c2ccc(C)c(O)c2C)c(C)c1O. The highest BCUT2D eigenvalue weighted by molar-refractivity contribution is 5.83. The fourth-order valence-electron chi connectivity index (χ4n) is 4.25. The molecule has 0 atom stereocenters. The predicted molar refractivity (Wildman–Crippen MR) is 141 cm³/mol. The maximum Gasteiger partial charge on any atom is 0.172 e. The molecular formula is C30H31NO4. The van der Waals surface area contributed by atoms with Crippen LogP contribution in [0.15, 0.2) is 60.7 Å². The Kier molecular flexibility index (Phi) is 6.35. The highest BCUT2D eigenvalue weighted by atomic mass is 16.5. The Labute approximate surface area is 206 Å². The third-order valence-corrected chi connectivity index (χ3v) is 6.52. The number of aromatic hydroxyl groups is 3. The Morgan fingerprint density at radius 3 is 1.63 bits per heavy atom. The normalized spacial score (nSPS) is 10.9. The number of ether oxygens (including phenoxy) is 1. The molecule has 4 aromatic rings. The molecule has 0 saturated heterocycles. The zero-order valence-corrected chi connectivity index (χ0v) is 21.0. The minimum Gasteiger partial charge on any atom is -0.507 e. The van der Waals surface area contributed by atoms with E-state index in [0.29, 0.717) is 11.5 Å². The van der Waals surface area contributed by atoms with E-state index in [0.717, 1.165) is 50.4 Å². The lowest BCUT2D eigenvalue weighted by molar-refractivity contribution is 0.406. The Balaban J connectivity index is 1.90. The smallest absolute Gasteiger partial charge is 0.172 e. The minimum absolute atomic E-state index is 0.117. The molecule has 0 radical (unpaired) electrons. The molecule has 0 aromatic heterocycles. The van der Waals surface area contributed by atoms with Crippen LogP contribution in [0, 0.1) is 41.5 Å². The van der Waals surface area contributed by atoms with Crippen LogP contribution < -0.4 is 9.64 Å². The van der Waals surface area contributed by atoms with Crippen LogP contribution in [0.2, 0.25) is 0 Å². The predicted octanol–water partition coefficient (Wildman–Crippen LogP) is 7.92. The van der Waals surface area contributed by atoms with Crippen molar-refractivity contribution in [1.82, 2.24) is 0 Å². The molecule has 5 heteroatoms. The van der Waals surface area contributed by atoms with E-state index in [9.17, 15) is 15.3 Å². The second-order valence-corrected chi connectivity index (χ2v) is 9.06. The number of nitrogens with zero attached hydrogens (tertiary/aromatic N) is 1. The van der Waals surface area contributed by atoms with E-state index in [1.54, 1.807) is 0 Å². The molecule has 0 aliphatic heterocycles. The number of anilines is 3. The number of hydrogen-bond donors (Lipinski definition) is 3. The van der Waals surface area contributed by atoms with Crippen molar-refractivity contribution in [2.24, 2.45) is 0 Å². The summed E-state index contributed by atoms with van der Waals surface area (Å²) in [6.45, 7) is 11.2. The molecule has 4 rings (SSSR count). The zero-order valence-electron chi connectivity index (χ0n) is 21.0. The van der Waals surface area contributed by atoms with Crippen LogP contribution in [0.3, 0.4) is 0 Å². The monoisotopic (exact) mass is 469 g/mol. The number of phenolic OH excluding ortho intramolecular Hbond substituents is 3. The van der Waals surface area contributed by atoms with Gasteiger partial charge in [0.2, 0.25) is 0 Å². The molecular weight excluding hydrogens is 438 g/mol. The van der Waals surface area contributed by atoms with Gasteiger partial charge in [-0.05, 0) is 88.1 Å². The highest BCUT2D eigenvalue weighted by Gasteiger charge is 2.21. The molecule has 35 heavy (non-hydrogen) atoms. The standard InChI is InChI=1S/C30H31NO4/c1-17-12-14-25(21(5)27(17)32)31(26-15-13-18(2)28(33)22(26)6)23-8-7-9-24(16-23)35-30-20(4)11-10-19(3)29(30)34/h7-16,32-34H,1-6H3. The van der Waals surface area contributed by atoms with Gasteiger partial charge in [-0.2, -0.15) is 0 Å². The van der Waals surface area contributed by atoms with E-state index in [2.05, 4.69) is 0 Å². The first kappa shape index (κ1) is 24.0. The van der Waals surface area contributed by atoms with Crippen molar-refractivity contribution in [3.05, 3.63) is 94.0 Å². The van der Waals surface area contributed by atoms with Crippen molar-refractivity contribution in [3.8, 4) is 28.7 Å². The Hall–Kier alpha value is -4.12. The fourth-order valence-corrected chi connectivity index (χ4v) is 4.25. The van der Waals surface area contributed by atoms with Gasteiger partial charge in [0, 0.05) is 22.9 Å². The summed E-state index contributed by atoms with van der Waals surface area (Å²) in [5.74, 6) is 1.55. The van der Waals surface area contributed by atoms with Crippen LogP contribution in [0.25, 0.3) is 0 Å². The average Bonchev–Trinajstić information content (AvgIpc) is 2.84. The summed E-state index contributed by atoms with van der Waals surface area (Å²) in [5, 5.41) is 32.0.